The number of allylic oxidation sites excluding steroid dienone is 4. The monoisotopic (exact) mass is 317 g/mol. The SMILES string of the molecule is CC1=CC(=NC(=O)c2ccccc2)C(Br)=C(C)C1=O. The Morgan fingerprint density at radius 1 is 1.16 bits per heavy atom. The van der Waals surface area contributed by atoms with E-state index in [0.29, 0.717) is 26.9 Å². The number of hydrogen-bond acceptors (Lipinski definition) is 2. The summed E-state index contributed by atoms with van der Waals surface area (Å²) < 4.78 is 0.576. The van der Waals surface area contributed by atoms with Crippen LogP contribution in [0, 0.1) is 0 Å². The molecule has 1 aliphatic carbocycles. The van der Waals surface area contributed by atoms with Gasteiger partial charge in [-0.1, -0.05) is 18.2 Å². The van der Waals surface area contributed by atoms with Crippen LogP contribution < -0.4 is 0 Å². The lowest BCUT2D eigenvalue weighted by Crippen LogP contribution is -2.15. The molecule has 1 aromatic carbocycles. The summed E-state index contributed by atoms with van der Waals surface area (Å²) in [6, 6.07) is 8.83. The van der Waals surface area contributed by atoms with Crippen molar-refractivity contribution in [3.05, 3.63) is 57.6 Å². The molecule has 1 aromatic rings. The average molecular weight is 318 g/mol. The molecule has 2 rings (SSSR count). The smallest absolute Gasteiger partial charge is 0.277 e. The lowest BCUT2D eigenvalue weighted by Gasteiger charge is -2.12. The predicted molar refractivity (Wildman–Crippen MR) is 78.6 cm³/mol. The maximum atomic E-state index is 12.0. The summed E-state index contributed by atoms with van der Waals surface area (Å²) in [5, 5.41) is 0. The van der Waals surface area contributed by atoms with Gasteiger partial charge >= 0.3 is 0 Å². The van der Waals surface area contributed by atoms with E-state index in [1.54, 1.807) is 44.2 Å². The van der Waals surface area contributed by atoms with Crippen LogP contribution in [0.15, 0.2) is 57.0 Å². The Hall–Kier alpha value is -1.81. The molecule has 1 amide bonds. The van der Waals surface area contributed by atoms with Crippen molar-refractivity contribution in [3.63, 3.8) is 0 Å². The van der Waals surface area contributed by atoms with Gasteiger partial charge in [-0.05, 0) is 53.6 Å². The molecule has 0 spiro atoms. The summed E-state index contributed by atoms with van der Waals surface area (Å²) in [7, 11) is 0. The van der Waals surface area contributed by atoms with Crippen LogP contribution in [0.3, 0.4) is 0 Å². The van der Waals surface area contributed by atoms with Crippen molar-refractivity contribution < 1.29 is 9.59 Å². The van der Waals surface area contributed by atoms with E-state index in [2.05, 4.69) is 20.9 Å². The third kappa shape index (κ3) is 2.79. The Morgan fingerprint density at radius 3 is 2.42 bits per heavy atom. The van der Waals surface area contributed by atoms with E-state index < -0.39 is 0 Å². The Morgan fingerprint density at radius 2 is 1.79 bits per heavy atom. The van der Waals surface area contributed by atoms with Crippen LogP contribution in [0.5, 0.6) is 0 Å². The van der Waals surface area contributed by atoms with Crippen molar-refractivity contribution in [2.45, 2.75) is 13.8 Å². The second kappa shape index (κ2) is 5.45. The number of carbonyl (C=O) groups excluding carboxylic acids is 2. The molecule has 0 heterocycles. The minimum atomic E-state index is -0.321. The van der Waals surface area contributed by atoms with Gasteiger partial charge in [0.2, 0.25) is 0 Å². The number of amides is 1. The molecule has 0 bridgehead atoms. The van der Waals surface area contributed by atoms with Crippen LogP contribution in [0.25, 0.3) is 0 Å². The molecular weight excluding hydrogens is 306 g/mol. The van der Waals surface area contributed by atoms with Crippen LogP contribution in [0.4, 0.5) is 0 Å². The van der Waals surface area contributed by atoms with Crippen LogP contribution in [0.2, 0.25) is 0 Å². The van der Waals surface area contributed by atoms with Gasteiger partial charge in [-0.15, -0.1) is 0 Å². The Labute approximate surface area is 119 Å². The zero-order chi connectivity index (χ0) is 14.0. The number of Topliss-reactive ketones (excluding diaryl/α,β-unsaturated/α-hetero) is 1. The van der Waals surface area contributed by atoms with Crippen molar-refractivity contribution in [1.82, 2.24) is 0 Å². The van der Waals surface area contributed by atoms with Crippen molar-refractivity contribution in [1.29, 1.82) is 0 Å². The largest absolute Gasteiger partial charge is 0.289 e. The highest BCUT2D eigenvalue weighted by Crippen LogP contribution is 2.24. The van der Waals surface area contributed by atoms with E-state index in [9.17, 15) is 9.59 Å². The molecule has 0 aliphatic heterocycles. The highest BCUT2D eigenvalue weighted by atomic mass is 79.9. The Kier molecular flexibility index (Phi) is 3.90. The molecule has 3 nitrogen and oxygen atoms in total. The van der Waals surface area contributed by atoms with Crippen molar-refractivity contribution in [2.24, 2.45) is 4.99 Å². The van der Waals surface area contributed by atoms with Gasteiger partial charge in [-0.25, -0.2) is 4.99 Å². The lowest BCUT2D eigenvalue weighted by atomic mass is 9.98. The van der Waals surface area contributed by atoms with Gasteiger partial charge < -0.3 is 0 Å². The molecule has 0 radical (unpaired) electrons. The minimum Gasteiger partial charge on any atom is -0.289 e. The first-order valence-corrected chi connectivity index (χ1v) is 6.58. The molecule has 0 unspecified atom stereocenters. The molecule has 19 heavy (non-hydrogen) atoms. The average Bonchev–Trinajstić information content (AvgIpc) is 2.43. The maximum Gasteiger partial charge on any atom is 0.277 e. The predicted octanol–water partition coefficient (Wildman–Crippen LogP) is 3.47. The van der Waals surface area contributed by atoms with Crippen LogP contribution in [0.1, 0.15) is 24.2 Å². The fourth-order valence-electron chi connectivity index (χ4n) is 1.76. The quantitative estimate of drug-likeness (QED) is 0.744. The molecule has 96 valence electrons. The molecule has 0 saturated carbocycles. The highest BCUT2D eigenvalue weighted by molar-refractivity contribution is 9.12. The van der Waals surface area contributed by atoms with Gasteiger partial charge in [0.25, 0.3) is 5.91 Å². The van der Waals surface area contributed by atoms with Gasteiger partial charge in [-0.3, -0.25) is 9.59 Å². The molecule has 4 heteroatoms. The fraction of sp³-hybridized carbons (Fsp3) is 0.133. The van der Waals surface area contributed by atoms with E-state index in [4.69, 9.17) is 0 Å². The number of hydrogen-bond donors (Lipinski definition) is 0. The van der Waals surface area contributed by atoms with Gasteiger partial charge in [0, 0.05) is 11.1 Å². The third-order valence-corrected chi connectivity index (χ3v) is 3.85. The molecule has 0 saturated heterocycles. The number of nitrogens with zero attached hydrogens (tertiary/aromatic N) is 1. The molecule has 0 N–H and O–H groups in total. The topological polar surface area (TPSA) is 46.5 Å². The molecule has 0 aromatic heterocycles. The lowest BCUT2D eigenvalue weighted by molar-refractivity contribution is -0.112. The van der Waals surface area contributed by atoms with E-state index in [1.807, 2.05) is 6.07 Å². The van der Waals surface area contributed by atoms with Gasteiger partial charge in [0.05, 0.1) is 10.2 Å². The number of aliphatic imine (C=N–C) groups is 1. The van der Waals surface area contributed by atoms with Crippen molar-refractivity contribution in [2.75, 3.05) is 0 Å². The van der Waals surface area contributed by atoms with Gasteiger partial charge in [0.1, 0.15) is 0 Å². The van der Waals surface area contributed by atoms with Crippen LogP contribution in [-0.4, -0.2) is 17.4 Å². The van der Waals surface area contributed by atoms with E-state index >= 15 is 0 Å². The second-order valence-electron chi connectivity index (χ2n) is 4.26. The first kappa shape index (κ1) is 13.6. The van der Waals surface area contributed by atoms with E-state index in [1.165, 1.54) is 0 Å². The molecule has 0 fully saturated rings. The van der Waals surface area contributed by atoms with Crippen molar-refractivity contribution >= 4 is 33.3 Å². The summed E-state index contributed by atoms with van der Waals surface area (Å²) >= 11 is 3.32. The summed E-state index contributed by atoms with van der Waals surface area (Å²) in [4.78, 5) is 27.8. The standard InChI is InChI=1S/C15H12BrNO2/c1-9-8-12(13(16)10(2)14(9)18)17-15(19)11-6-4-3-5-7-11/h3-8H,1-2H3. The molecule has 0 atom stereocenters. The number of ketones is 1. The van der Waals surface area contributed by atoms with Crippen LogP contribution >= 0.6 is 15.9 Å². The maximum absolute atomic E-state index is 12.0. The van der Waals surface area contributed by atoms with Gasteiger partial charge in [0.15, 0.2) is 5.78 Å². The number of benzene rings is 1. The van der Waals surface area contributed by atoms with Gasteiger partial charge in [-0.2, -0.15) is 0 Å². The van der Waals surface area contributed by atoms with Crippen LogP contribution in [-0.2, 0) is 4.79 Å². The summed E-state index contributed by atoms with van der Waals surface area (Å²) in [5.74, 6) is -0.350. The molecular formula is C15H12BrNO2. The first-order valence-electron chi connectivity index (χ1n) is 5.78. The minimum absolute atomic E-state index is 0.0296. The normalized spacial score (nSPS) is 17.7. The summed E-state index contributed by atoms with van der Waals surface area (Å²) in [6.07, 6.45) is 1.63. The number of carbonyl (C=O) groups is 2. The zero-order valence-electron chi connectivity index (χ0n) is 10.6. The Bertz CT molecular complexity index is 639. The second-order valence-corrected chi connectivity index (χ2v) is 5.06. The molecule has 1 aliphatic rings. The van der Waals surface area contributed by atoms with E-state index in [-0.39, 0.29) is 11.7 Å². The number of halogens is 1. The third-order valence-electron chi connectivity index (χ3n) is 2.85. The Balaban J connectivity index is 2.39. The van der Waals surface area contributed by atoms with E-state index in [0.717, 1.165) is 0 Å². The zero-order valence-corrected chi connectivity index (χ0v) is 12.2. The fourth-order valence-corrected chi connectivity index (χ4v) is 2.14. The summed E-state index contributed by atoms with van der Waals surface area (Å²) in [6.45, 7) is 3.43. The summed E-state index contributed by atoms with van der Waals surface area (Å²) in [5.41, 5.74) is 2.17. The van der Waals surface area contributed by atoms with Crippen molar-refractivity contribution in [3.8, 4) is 0 Å². The first-order chi connectivity index (χ1) is 9.00. The highest BCUT2D eigenvalue weighted by Gasteiger charge is 2.21. The number of rotatable bonds is 1.